The van der Waals surface area contributed by atoms with Crippen LogP contribution in [0.15, 0.2) is 18.2 Å². The van der Waals surface area contributed by atoms with Gasteiger partial charge >= 0.3 is 0 Å². The number of anilines is 1. The molecule has 2 aliphatic rings. The first kappa shape index (κ1) is 11.1. The maximum absolute atomic E-state index is 12.5. The van der Waals surface area contributed by atoms with Crippen LogP contribution in [0.25, 0.3) is 0 Å². The van der Waals surface area contributed by atoms with Gasteiger partial charge < -0.3 is 0 Å². The van der Waals surface area contributed by atoms with Gasteiger partial charge in [0.1, 0.15) is 5.25 Å². The van der Waals surface area contributed by atoms with E-state index >= 15 is 0 Å². The zero-order chi connectivity index (χ0) is 12.2. The van der Waals surface area contributed by atoms with Crippen LogP contribution >= 0.6 is 0 Å². The summed E-state index contributed by atoms with van der Waals surface area (Å²) in [6.45, 7) is 3.88. The minimum atomic E-state index is -3.17. The Balaban J connectivity index is 2.30. The van der Waals surface area contributed by atoms with Gasteiger partial charge in [0.05, 0.1) is 5.69 Å². The standard InChI is InChI=1S/C13H17NO2S/c1-9(2)14-11-7-3-5-10-6-4-8-12(13(10)11)17(14,15)16/h3,5,7,9,12H,4,6,8H2,1-2H3. The zero-order valence-electron chi connectivity index (χ0n) is 10.2. The van der Waals surface area contributed by atoms with E-state index < -0.39 is 10.0 Å². The Morgan fingerprint density at radius 3 is 2.82 bits per heavy atom. The van der Waals surface area contributed by atoms with Gasteiger partial charge in [-0.05, 0) is 50.3 Å². The highest BCUT2D eigenvalue weighted by atomic mass is 32.2. The third-order valence-corrected chi connectivity index (χ3v) is 6.11. The Morgan fingerprint density at radius 2 is 2.12 bits per heavy atom. The van der Waals surface area contributed by atoms with Crippen molar-refractivity contribution < 1.29 is 8.42 Å². The van der Waals surface area contributed by atoms with Crippen molar-refractivity contribution in [2.75, 3.05) is 4.31 Å². The SMILES string of the molecule is CC(C)N1c2cccc3c2C(CCC3)S1(=O)=O. The van der Waals surface area contributed by atoms with E-state index in [2.05, 4.69) is 6.07 Å². The fraction of sp³-hybridized carbons (Fsp3) is 0.538. The lowest BCUT2D eigenvalue weighted by Gasteiger charge is -2.23. The number of rotatable bonds is 1. The van der Waals surface area contributed by atoms with Gasteiger partial charge in [0.15, 0.2) is 0 Å². The van der Waals surface area contributed by atoms with E-state index in [1.165, 1.54) is 5.56 Å². The van der Waals surface area contributed by atoms with Crippen LogP contribution in [0.5, 0.6) is 0 Å². The van der Waals surface area contributed by atoms with Gasteiger partial charge in [-0.25, -0.2) is 8.42 Å². The number of benzene rings is 1. The molecule has 1 heterocycles. The van der Waals surface area contributed by atoms with Crippen LogP contribution in [0.4, 0.5) is 5.69 Å². The van der Waals surface area contributed by atoms with Crippen LogP contribution in [-0.2, 0) is 16.4 Å². The summed E-state index contributed by atoms with van der Waals surface area (Å²) in [5.74, 6) is 0. The second-order valence-corrected chi connectivity index (χ2v) is 7.16. The zero-order valence-corrected chi connectivity index (χ0v) is 11.0. The van der Waals surface area contributed by atoms with Crippen molar-refractivity contribution in [3.63, 3.8) is 0 Å². The molecule has 0 spiro atoms. The first-order chi connectivity index (χ1) is 8.03. The summed E-state index contributed by atoms with van der Waals surface area (Å²) in [4.78, 5) is 0. The van der Waals surface area contributed by atoms with Gasteiger partial charge in [0.2, 0.25) is 10.0 Å². The molecule has 17 heavy (non-hydrogen) atoms. The largest absolute Gasteiger partial charge is 0.267 e. The quantitative estimate of drug-likeness (QED) is 0.769. The molecule has 0 fully saturated rings. The van der Waals surface area contributed by atoms with Crippen molar-refractivity contribution in [1.82, 2.24) is 0 Å². The number of nitrogens with zero attached hydrogens (tertiary/aromatic N) is 1. The molecule has 1 unspecified atom stereocenters. The fourth-order valence-electron chi connectivity index (χ4n) is 3.15. The van der Waals surface area contributed by atoms with E-state index in [1.807, 2.05) is 26.0 Å². The summed E-state index contributed by atoms with van der Waals surface area (Å²) >= 11 is 0. The lowest BCUT2D eigenvalue weighted by Crippen LogP contribution is -2.34. The minimum absolute atomic E-state index is 0.00269. The fourth-order valence-corrected chi connectivity index (χ4v) is 5.48. The average molecular weight is 251 g/mol. The number of sulfonamides is 1. The number of hydrogen-bond donors (Lipinski definition) is 0. The molecule has 0 saturated carbocycles. The summed E-state index contributed by atoms with van der Waals surface area (Å²) in [7, 11) is -3.17. The molecule has 3 rings (SSSR count). The lowest BCUT2D eigenvalue weighted by molar-refractivity contribution is 0.561. The molecule has 1 aromatic carbocycles. The predicted molar refractivity (Wildman–Crippen MR) is 68.7 cm³/mol. The molecule has 92 valence electrons. The summed E-state index contributed by atoms with van der Waals surface area (Å²) in [6.07, 6.45) is 2.77. The van der Waals surface area contributed by atoms with Crippen LogP contribution in [0.3, 0.4) is 0 Å². The predicted octanol–water partition coefficient (Wildman–Crippen LogP) is 2.62. The minimum Gasteiger partial charge on any atom is -0.267 e. The molecule has 4 heteroatoms. The maximum atomic E-state index is 12.5. The topological polar surface area (TPSA) is 37.4 Å². The van der Waals surface area contributed by atoms with Crippen molar-refractivity contribution in [3.05, 3.63) is 29.3 Å². The smallest absolute Gasteiger partial charge is 0.242 e. The van der Waals surface area contributed by atoms with Gasteiger partial charge in [0, 0.05) is 6.04 Å². The molecular formula is C13H17NO2S. The van der Waals surface area contributed by atoms with Crippen molar-refractivity contribution in [2.24, 2.45) is 0 Å². The van der Waals surface area contributed by atoms with Crippen molar-refractivity contribution in [2.45, 2.75) is 44.4 Å². The highest BCUT2D eigenvalue weighted by Gasteiger charge is 2.46. The second-order valence-electron chi connectivity index (χ2n) is 5.17. The monoisotopic (exact) mass is 251 g/mol. The van der Waals surface area contributed by atoms with E-state index in [0.29, 0.717) is 0 Å². The Labute approximate surface area is 102 Å². The summed E-state index contributed by atoms with van der Waals surface area (Å²) < 4.78 is 26.7. The van der Waals surface area contributed by atoms with Crippen LogP contribution in [0, 0.1) is 0 Å². The van der Waals surface area contributed by atoms with E-state index in [1.54, 1.807) is 4.31 Å². The van der Waals surface area contributed by atoms with Crippen LogP contribution in [0.2, 0.25) is 0 Å². The molecule has 3 nitrogen and oxygen atoms in total. The number of aryl methyl sites for hydroxylation is 1. The second kappa shape index (κ2) is 3.48. The lowest BCUT2D eigenvalue weighted by atomic mass is 9.90. The Kier molecular flexibility index (Phi) is 2.27. The molecule has 1 aromatic rings. The van der Waals surface area contributed by atoms with Crippen molar-refractivity contribution in [1.29, 1.82) is 0 Å². The molecule has 1 aliphatic carbocycles. The molecule has 0 amide bonds. The van der Waals surface area contributed by atoms with E-state index in [4.69, 9.17) is 0 Å². The molecule has 0 bridgehead atoms. The molecule has 0 N–H and O–H groups in total. The third-order valence-electron chi connectivity index (χ3n) is 3.75. The van der Waals surface area contributed by atoms with Gasteiger partial charge in [-0.1, -0.05) is 12.1 Å². The van der Waals surface area contributed by atoms with Gasteiger partial charge in [-0.2, -0.15) is 0 Å². The molecule has 0 saturated heterocycles. The van der Waals surface area contributed by atoms with Gasteiger partial charge in [0.25, 0.3) is 0 Å². The van der Waals surface area contributed by atoms with Gasteiger partial charge in [-0.15, -0.1) is 0 Å². The van der Waals surface area contributed by atoms with Gasteiger partial charge in [-0.3, -0.25) is 4.31 Å². The maximum Gasteiger partial charge on any atom is 0.242 e. The first-order valence-electron chi connectivity index (χ1n) is 6.18. The van der Waals surface area contributed by atoms with Crippen LogP contribution in [-0.4, -0.2) is 14.5 Å². The summed E-state index contributed by atoms with van der Waals surface area (Å²) in [6, 6.07) is 6.00. The third kappa shape index (κ3) is 1.36. The molecule has 1 atom stereocenters. The average Bonchev–Trinajstić information content (AvgIpc) is 2.50. The highest BCUT2D eigenvalue weighted by molar-refractivity contribution is 7.93. The molecule has 1 aliphatic heterocycles. The molecular weight excluding hydrogens is 234 g/mol. The van der Waals surface area contributed by atoms with E-state index in [0.717, 1.165) is 30.5 Å². The summed E-state index contributed by atoms with van der Waals surface area (Å²) in [5, 5.41) is -0.287. The number of hydrogen-bond acceptors (Lipinski definition) is 2. The van der Waals surface area contributed by atoms with Crippen LogP contribution < -0.4 is 4.31 Å². The van der Waals surface area contributed by atoms with Crippen molar-refractivity contribution in [3.8, 4) is 0 Å². The van der Waals surface area contributed by atoms with Crippen LogP contribution in [0.1, 0.15) is 43.1 Å². The Bertz CT molecular complexity index is 563. The molecule has 0 aromatic heterocycles. The Hall–Kier alpha value is -1.03. The molecule has 0 radical (unpaired) electrons. The summed E-state index contributed by atoms with van der Waals surface area (Å²) in [5.41, 5.74) is 3.22. The first-order valence-corrected chi connectivity index (χ1v) is 7.69. The highest BCUT2D eigenvalue weighted by Crippen LogP contribution is 2.50. The normalized spacial score (nSPS) is 25.1. The van der Waals surface area contributed by atoms with Crippen molar-refractivity contribution >= 4 is 15.7 Å². The van der Waals surface area contributed by atoms with E-state index in [9.17, 15) is 8.42 Å². The Morgan fingerprint density at radius 1 is 1.35 bits per heavy atom. The van der Waals surface area contributed by atoms with E-state index in [-0.39, 0.29) is 11.3 Å².